The van der Waals surface area contributed by atoms with Gasteiger partial charge in [0.05, 0.1) is 32.5 Å². The van der Waals surface area contributed by atoms with Gasteiger partial charge in [0.1, 0.15) is 0 Å². The fraction of sp³-hybridized carbons (Fsp3) is 0.385. The standard InChI is InChI=1S/C13H16N2O2/c1-11-2-4-12(5-3-11)13(16)10-14-15-6-8-17-9-7-15/h2-5,10H,6-9H2,1H3/b14-10+. The Hall–Kier alpha value is -1.68. The molecule has 1 heterocycles. The van der Waals surface area contributed by atoms with Gasteiger partial charge >= 0.3 is 0 Å². The molecule has 0 saturated carbocycles. The topological polar surface area (TPSA) is 41.9 Å². The Labute approximate surface area is 101 Å². The lowest BCUT2D eigenvalue weighted by molar-refractivity contribution is 0.0395. The van der Waals surface area contributed by atoms with Crippen LogP contribution in [0.25, 0.3) is 0 Å². The first kappa shape index (κ1) is 11.8. The number of benzene rings is 1. The first-order chi connectivity index (χ1) is 8.25. The Balaban J connectivity index is 1.96. The molecule has 0 atom stereocenters. The number of rotatable bonds is 3. The van der Waals surface area contributed by atoms with Crippen molar-refractivity contribution in [2.24, 2.45) is 5.10 Å². The number of ether oxygens (including phenoxy) is 1. The number of carbonyl (C=O) groups excluding carboxylic acids is 1. The third kappa shape index (κ3) is 3.39. The third-order valence-corrected chi connectivity index (χ3v) is 2.66. The molecule has 90 valence electrons. The second-order valence-electron chi connectivity index (χ2n) is 4.04. The Bertz CT molecular complexity index is 406. The van der Waals surface area contributed by atoms with Gasteiger partial charge in [-0.25, -0.2) is 0 Å². The number of carbonyl (C=O) groups is 1. The van der Waals surface area contributed by atoms with Gasteiger partial charge in [-0.2, -0.15) is 5.10 Å². The second kappa shape index (κ2) is 5.59. The number of nitrogens with zero attached hydrogens (tertiary/aromatic N) is 2. The van der Waals surface area contributed by atoms with Crippen LogP contribution in [0, 0.1) is 6.92 Å². The first-order valence-corrected chi connectivity index (χ1v) is 5.73. The summed E-state index contributed by atoms with van der Waals surface area (Å²) in [7, 11) is 0. The Morgan fingerprint density at radius 2 is 1.94 bits per heavy atom. The molecule has 0 aliphatic carbocycles. The summed E-state index contributed by atoms with van der Waals surface area (Å²) in [6.07, 6.45) is 1.38. The van der Waals surface area contributed by atoms with Crippen molar-refractivity contribution in [3.63, 3.8) is 0 Å². The SMILES string of the molecule is Cc1ccc(C(=O)/C=N/N2CCOCC2)cc1. The molecule has 1 aromatic carbocycles. The van der Waals surface area contributed by atoms with Crippen LogP contribution in [-0.4, -0.2) is 43.3 Å². The summed E-state index contributed by atoms with van der Waals surface area (Å²) in [5.41, 5.74) is 1.82. The zero-order valence-electron chi connectivity index (χ0n) is 9.93. The van der Waals surface area contributed by atoms with Crippen LogP contribution in [0.3, 0.4) is 0 Å². The van der Waals surface area contributed by atoms with Crippen LogP contribution in [0.4, 0.5) is 0 Å². The van der Waals surface area contributed by atoms with E-state index in [1.807, 2.05) is 36.2 Å². The largest absolute Gasteiger partial charge is 0.378 e. The molecule has 2 rings (SSSR count). The molecule has 0 radical (unpaired) electrons. The lowest BCUT2D eigenvalue weighted by Crippen LogP contribution is -2.32. The van der Waals surface area contributed by atoms with E-state index >= 15 is 0 Å². The van der Waals surface area contributed by atoms with Gasteiger partial charge in [0.15, 0.2) is 0 Å². The molecule has 17 heavy (non-hydrogen) atoms. The molecule has 0 N–H and O–H groups in total. The molecule has 0 aromatic heterocycles. The van der Waals surface area contributed by atoms with Crippen LogP contribution in [0.5, 0.6) is 0 Å². The van der Waals surface area contributed by atoms with E-state index in [0.29, 0.717) is 18.8 Å². The van der Waals surface area contributed by atoms with Gasteiger partial charge in [0, 0.05) is 5.56 Å². The highest BCUT2D eigenvalue weighted by atomic mass is 16.5. The van der Waals surface area contributed by atoms with Crippen molar-refractivity contribution in [1.82, 2.24) is 5.01 Å². The minimum absolute atomic E-state index is 0.0588. The van der Waals surface area contributed by atoms with E-state index in [2.05, 4.69) is 5.10 Å². The van der Waals surface area contributed by atoms with Crippen molar-refractivity contribution >= 4 is 12.0 Å². The highest BCUT2D eigenvalue weighted by molar-refractivity contribution is 6.35. The van der Waals surface area contributed by atoms with Gasteiger partial charge in [0.25, 0.3) is 0 Å². The third-order valence-electron chi connectivity index (χ3n) is 2.66. The predicted molar refractivity (Wildman–Crippen MR) is 66.4 cm³/mol. The molecule has 1 aliphatic rings. The second-order valence-corrected chi connectivity index (χ2v) is 4.04. The number of hydrazone groups is 1. The highest BCUT2D eigenvalue weighted by Crippen LogP contribution is 2.03. The number of morpholine rings is 1. The van der Waals surface area contributed by atoms with E-state index in [4.69, 9.17) is 4.74 Å². The Morgan fingerprint density at radius 3 is 2.59 bits per heavy atom. The molecule has 0 amide bonds. The van der Waals surface area contributed by atoms with Gasteiger partial charge in [0.2, 0.25) is 5.78 Å². The normalized spacial score (nSPS) is 16.4. The molecule has 1 fully saturated rings. The fourth-order valence-electron chi connectivity index (χ4n) is 1.60. The van der Waals surface area contributed by atoms with Gasteiger partial charge in [-0.05, 0) is 6.92 Å². The van der Waals surface area contributed by atoms with Crippen molar-refractivity contribution in [3.8, 4) is 0 Å². The maximum Gasteiger partial charge on any atom is 0.205 e. The molecule has 0 spiro atoms. The molecule has 1 aromatic rings. The summed E-state index contributed by atoms with van der Waals surface area (Å²) < 4.78 is 5.20. The highest BCUT2D eigenvalue weighted by Gasteiger charge is 2.08. The predicted octanol–water partition coefficient (Wildman–Crippen LogP) is 1.50. The van der Waals surface area contributed by atoms with E-state index in [1.165, 1.54) is 6.21 Å². The quantitative estimate of drug-likeness (QED) is 0.586. The monoisotopic (exact) mass is 232 g/mol. The maximum absolute atomic E-state index is 11.8. The molecule has 1 aliphatic heterocycles. The van der Waals surface area contributed by atoms with Crippen molar-refractivity contribution in [2.75, 3.05) is 26.3 Å². The zero-order chi connectivity index (χ0) is 12.1. The molecule has 1 saturated heterocycles. The summed E-state index contributed by atoms with van der Waals surface area (Å²) >= 11 is 0. The number of hydrogen-bond acceptors (Lipinski definition) is 4. The number of ketones is 1. The Morgan fingerprint density at radius 1 is 1.29 bits per heavy atom. The lowest BCUT2D eigenvalue weighted by Gasteiger charge is -2.23. The van der Waals surface area contributed by atoms with E-state index in [9.17, 15) is 4.79 Å². The van der Waals surface area contributed by atoms with Crippen molar-refractivity contribution in [3.05, 3.63) is 35.4 Å². The molecule has 4 nitrogen and oxygen atoms in total. The van der Waals surface area contributed by atoms with Crippen molar-refractivity contribution in [2.45, 2.75) is 6.92 Å². The van der Waals surface area contributed by atoms with Crippen LogP contribution in [0.2, 0.25) is 0 Å². The van der Waals surface area contributed by atoms with E-state index < -0.39 is 0 Å². The summed E-state index contributed by atoms with van der Waals surface area (Å²) in [5, 5.41) is 6.02. The van der Waals surface area contributed by atoms with Gasteiger partial charge in [-0.1, -0.05) is 29.8 Å². The van der Waals surface area contributed by atoms with Gasteiger partial charge < -0.3 is 4.74 Å². The minimum atomic E-state index is -0.0588. The molecule has 4 heteroatoms. The average Bonchev–Trinajstić information content (AvgIpc) is 2.38. The van der Waals surface area contributed by atoms with Crippen molar-refractivity contribution in [1.29, 1.82) is 0 Å². The van der Waals surface area contributed by atoms with E-state index in [1.54, 1.807) is 0 Å². The van der Waals surface area contributed by atoms with Crippen LogP contribution >= 0.6 is 0 Å². The molecule has 0 bridgehead atoms. The van der Waals surface area contributed by atoms with E-state index in [-0.39, 0.29) is 5.78 Å². The number of aryl methyl sites for hydroxylation is 1. The summed E-state index contributed by atoms with van der Waals surface area (Å²) in [4.78, 5) is 11.8. The summed E-state index contributed by atoms with van der Waals surface area (Å²) in [6.45, 7) is 4.84. The molecular formula is C13H16N2O2. The first-order valence-electron chi connectivity index (χ1n) is 5.73. The van der Waals surface area contributed by atoms with Crippen LogP contribution in [0.15, 0.2) is 29.4 Å². The lowest BCUT2D eigenvalue weighted by atomic mass is 10.1. The zero-order valence-corrected chi connectivity index (χ0v) is 9.93. The Kier molecular flexibility index (Phi) is 3.88. The maximum atomic E-state index is 11.8. The van der Waals surface area contributed by atoms with Crippen LogP contribution < -0.4 is 0 Å². The summed E-state index contributed by atoms with van der Waals surface area (Å²) in [5.74, 6) is -0.0588. The number of Topliss-reactive ketones (excluding diaryl/α,β-unsaturated/α-hetero) is 1. The van der Waals surface area contributed by atoms with Gasteiger partial charge in [-0.3, -0.25) is 9.80 Å². The summed E-state index contributed by atoms with van der Waals surface area (Å²) in [6, 6.07) is 7.50. The fourth-order valence-corrected chi connectivity index (χ4v) is 1.60. The van der Waals surface area contributed by atoms with E-state index in [0.717, 1.165) is 18.7 Å². The molecule has 0 unspecified atom stereocenters. The van der Waals surface area contributed by atoms with Crippen LogP contribution in [0.1, 0.15) is 15.9 Å². The number of hydrogen-bond donors (Lipinski definition) is 0. The van der Waals surface area contributed by atoms with Crippen molar-refractivity contribution < 1.29 is 9.53 Å². The molecular weight excluding hydrogens is 216 g/mol. The smallest absolute Gasteiger partial charge is 0.205 e. The van der Waals surface area contributed by atoms with Gasteiger partial charge in [-0.15, -0.1) is 0 Å². The van der Waals surface area contributed by atoms with Crippen LogP contribution in [-0.2, 0) is 4.74 Å². The minimum Gasteiger partial charge on any atom is -0.378 e. The average molecular weight is 232 g/mol.